The Labute approximate surface area is 253 Å². The van der Waals surface area contributed by atoms with Crippen molar-refractivity contribution < 1.29 is 24.5 Å². The van der Waals surface area contributed by atoms with Crippen LogP contribution in [0.25, 0.3) is 34.0 Å². The minimum Gasteiger partial charge on any atom is -0.479 e. The Hall–Kier alpha value is -4.63. The number of nitrogens with zero attached hydrogens (tertiary/aromatic N) is 5. The maximum atomic E-state index is 5.32. The van der Waals surface area contributed by atoms with Gasteiger partial charge in [0.1, 0.15) is 12.5 Å². The molecule has 6 aromatic rings. The van der Waals surface area contributed by atoms with E-state index in [0.29, 0.717) is 0 Å². The molecule has 5 heterocycles. The van der Waals surface area contributed by atoms with Gasteiger partial charge in [-0.15, -0.1) is 35.4 Å². The molecular weight excluding hydrogens is 687 g/mol. The molecule has 0 atom stereocenters. The number of hydrogen-bond acceptors (Lipinski definition) is 7. The van der Waals surface area contributed by atoms with Gasteiger partial charge < -0.3 is 9.72 Å². The third-order valence-electron chi connectivity index (χ3n) is 5.40. The Bertz CT molecular complexity index is 1410. The van der Waals surface area contributed by atoms with Gasteiger partial charge in [0, 0.05) is 31.0 Å². The Morgan fingerprint density at radius 3 is 1.44 bits per heavy atom. The molecule has 8 heteroatoms. The van der Waals surface area contributed by atoms with Crippen LogP contribution in [-0.4, -0.2) is 31.7 Å². The first-order chi connectivity index (χ1) is 19.7. The molecule has 205 valence electrons. The molecular formula is C33H29N6OOs. The second-order valence-electron chi connectivity index (χ2n) is 8.33. The number of pyridine rings is 5. The number of ether oxygens (including phenoxy) is 1. The molecule has 6 rings (SSSR count). The average Bonchev–Trinajstić information content (AvgIpc) is 3.04. The van der Waals surface area contributed by atoms with E-state index in [1.807, 2.05) is 104 Å². The van der Waals surface area contributed by atoms with Crippen LogP contribution < -0.4 is 10.5 Å². The van der Waals surface area contributed by atoms with Crippen molar-refractivity contribution in [2.24, 2.45) is 5.73 Å². The number of aryl methyl sites for hydroxylation is 1. The van der Waals surface area contributed by atoms with Gasteiger partial charge in [0.05, 0.1) is 22.8 Å². The van der Waals surface area contributed by atoms with Crippen LogP contribution in [0.15, 0.2) is 134 Å². The standard InChI is InChI=1S/C13H13N2O.2C10H8N2.Os/c1-10-3-2-4-11(7-10)13-8-12(16-9-14)5-6-15-13;2*1-3-7-11-9(5-1)10-6-2-4-8-12-10;/h2-3,5-8H,9,14H2,1H3;2*1-8H;/q-1;;;+1. The second kappa shape index (κ2) is 17.1. The zero-order valence-corrected chi connectivity index (χ0v) is 25.0. The molecule has 0 saturated heterocycles. The Balaban J connectivity index is 0.000000169. The summed E-state index contributed by atoms with van der Waals surface area (Å²) in [6, 6.07) is 35.9. The number of nitrogens with two attached hydrogens (primary N) is 1. The molecule has 41 heavy (non-hydrogen) atoms. The van der Waals surface area contributed by atoms with E-state index in [-0.39, 0.29) is 26.5 Å². The van der Waals surface area contributed by atoms with Gasteiger partial charge >= 0.3 is 19.8 Å². The van der Waals surface area contributed by atoms with Gasteiger partial charge in [-0.05, 0) is 66.4 Å². The first kappa shape index (κ1) is 30.9. The van der Waals surface area contributed by atoms with Crippen molar-refractivity contribution >= 4 is 0 Å². The summed E-state index contributed by atoms with van der Waals surface area (Å²) in [5, 5.41) is 0. The molecule has 0 aliphatic heterocycles. The predicted octanol–water partition coefficient (Wildman–Crippen LogP) is 6.44. The van der Waals surface area contributed by atoms with E-state index in [2.05, 4.69) is 31.0 Å². The summed E-state index contributed by atoms with van der Waals surface area (Å²) < 4.78 is 5.22. The van der Waals surface area contributed by atoms with Gasteiger partial charge in [-0.1, -0.05) is 31.2 Å². The maximum absolute atomic E-state index is 5.32. The fourth-order valence-corrected chi connectivity index (χ4v) is 3.53. The van der Waals surface area contributed by atoms with Crippen molar-refractivity contribution in [3.8, 4) is 39.8 Å². The first-order valence-corrected chi connectivity index (χ1v) is 12.7. The molecule has 0 bridgehead atoms. The summed E-state index contributed by atoms with van der Waals surface area (Å²) in [4.78, 5) is 21.0. The molecule has 0 aliphatic carbocycles. The van der Waals surface area contributed by atoms with Gasteiger partial charge in [0.25, 0.3) is 0 Å². The third-order valence-corrected chi connectivity index (χ3v) is 5.40. The van der Waals surface area contributed by atoms with E-state index in [1.165, 1.54) is 5.56 Å². The smallest absolute Gasteiger partial charge is 0.479 e. The normalized spacial score (nSPS) is 9.61. The van der Waals surface area contributed by atoms with E-state index in [9.17, 15) is 0 Å². The second-order valence-corrected chi connectivity index (χ2v) is 8.33. The van der Waals surface area contributed by atoms with Crippen molar-refractivity contribution in [3.63, 3.8) is 0 Å². The van der Waals surface area contributed by atoms with E-state index < -0.39 is 0 Å². The Kier molecular flexibility index (Phi) is 12.9. The Morgan fingerprint density at radius 1 is 0.585 bits per heavy atom. The van der Waals surface area contributed by atoms with Crippen molar-refractivity contribution in [2.75, 3.05) is 6.73 Å². The van der Waals surface area contributed by atoms with E-state index in [1.54, 1.807) is 37.1 Å². The van der Waals surface area contributed by atoms with Crippen molar-refractivity contribution in [1.82, 2.24) is 24.9 Å². The van der Waals surface area contributed by atoms with E-state index in [4.69, 9.17) is 10.5 Å². The van der Waals surface area contributed by atoms with E-state index >= 15 is 0 Å². The minimum atomic E-state index is 0. The van der Waals surface area contributed by atoms with Crippen LogP contribution in [0.1, 0.15) is 5.56 Å². The molecule has 2 N–H and O–H groups in total. The molecule has 1 aromatic carbocycles. The molecule has 0 saturated carbocycles. The summed E-state index contributed by atoms with van der Waals surface area (Å²) >= 11 is 0. The van der Waals surface area contributed by atoms with Gasteiger partial charge in [0.2, 0.25) is 0 Å². The topological polar surface area (TPSA) is 99.7 Å². The molecule has 5 aromatic heterocycles. The van der Waals surface area contributed by atoms with Crippen LogP contribution in [0.2, 0.25) is 0 Å². The van der Waals surface area contributed by atoms with E-state index in [0.717, 1.165) is 39.8 Å². The van der Waals surface area contributed by atoms with Crippen LogP contribution in [0, 0.1) is 13.0 Å². The molecule has 0 unspecified atom stereocenters. The van der Waals surface area contributed by atoms with Crippen molar-refractivity contribution in [3.05, 3.63) is 146 Å². The number of rotatable bonds is 5. The summed E-state index contributed by atoms with van der Waals surface area (Å²) in [6.45, 7) is 2.21. The third kappa shape index (κ3) is 10.1. The number of hydrogen-bond donors (Lipinski definition) is 1. The molecule has 0 fully saturated rings. The molecule has 0 aliphatic rings. The summed E-state index contributed by atoms with van der Waals surface area (Å²) in [6.07, 6.45) is 8.78. The number of aromatic nitrogens is 5. The number of benzene rings is 1. The SMILES string of the molecule is Cc1cc[c-]c(-c2cc(OCN)ccn2)c1.[Os+].c1ccc(-c2ccccn2)nc1.c1ccc(-c2ccccn2)nc1. The van der Waals surface area contributed by atoms with Gasteiger partial charge in [-0.3, -0.25) is 25.7 Å². The quantitative estimate of drug-likeness (QED) is 0.162. The fraction of sp³-hybridized carbons (Fsp3) is 0.0606. The van der Waals surface area contributed by atoms with Crippen LogP contribution in [0.5, 0.6) is 5.75 Å². The predicted molar refractivity (Wildman–Crippen MR) is 158 cm³/mol. The van der Waals surface area contributed by atoms with Gasteiger partial charge in [-0.2, -0.15) is 0 Å². The zero-order valence-electron chi connectivity index (χ0n) is 22.5. The molecule has 1 radical (unpaired) electrons. The summed E-state index contributed by atoms with van der Waals surface area (Å²) in [5.74, 6) is 0.724. The summed E-state index contributed by atoms with van der Waals surface area (Å²) in [7, 11) is 0. The van der Waals surface area contributed by atoms with Crippen LogP contribution >= 0.6 is 0 Å². The zero-order chi connectivity index (χ0) is 27.8. The monoisotopic (exact) mass is 717 g/mol. The maximum Gasteiger partial charge on any atom is 1.00 e. The van der Waals surface area contributed by atoms with Crippen LogP contribution in [0.3, 0.4) is 0 Å². The Morgan fingerprint density at radius 2 is 1.05 bits per heavy atom. The van der Waals surface area contributed by atoms with Crippen molar-refractivity contribution in [2.45, 2.75) is 6.92 Å². The summed E-state index contributed by atoms with van der Waals surface area (Å²) in [5.41, 5.74) is 12.0. The van der Waals surface area contributed by atoms with Crippen molar-refractivity contribution in [1.29, 1.82) is 0 Å². The first-order valence-electron chi connectivity index (χ1n) is 12.7. The average molecular weight is 716 g/mol. The largest absolute Gasteiger partial charge is 1.00 e. The minimum absolute atomic E-state index is 0. The van der Waals surface area contributed by atoms with Crippen LogP contribution in [-0.2, 0) is 19.8 Å². The molecule has 0 spiro atoms. The fourth-order valence-electron chi connectivity index (χ4n) is 3.53. The van der Waals surface area contributed by atoms with Crippen LogP contribution in [0.4, 0.5) is 0 Å². The van der Waals surface area contributed by atoms with Gasteiger partial charge in [-0.25, -0.2) is 0 Å². The van der Waals surface area contributed by atoms with Gasteiger partial charge in [0.15, 0.2) is 0 Å². The molecule has 0 amide bonds. The molecule has 7 nitrogen and oxygen atoms in total.